The number of hydrogen-bond acceptors (Lipinski definition) is 4. The number of imide groups is 1. The summed E-state index contributed by atoms with van der Waals surface area (Å²) in [5, 5.41) is 2.70. The van der Waals surface area contributed by atoms with Crippen LogP contribution in [0.15, 0.2) is 48.5 Å². The Morgan fingerprint density at radius 2 is 1.82 bits per heavy atom. The molecule has 1 saturated heterocycles. The molecule has 1 heterocycles. The Kier molecular flexibility index (Phi) is 5.84. The van der Waals surface area contributed by atoms with E-state index in [1.54, 1.807) is 30.3 Å². The number of anilines is 1. The normalized spacial score (nSPS) is 14.0. The predicted molar refractivity (Wildman–Crippen MR) is 102 cm³/mol. The van der Waals surface area contributed by atoms with Crippen LogP contribution in [-0.4, -0.2) is 29.7 Å². The van der Waals surface area contributed by atoms with Crippen molar-refractivity contribution in [3.63, 3.8) is 0 Å². The highest BCUT2D eigenvalue weighted by atomic mass is 19.1. The first-order chi connectivity index (χ1) is 13.5. The summed E-state index contributed by atoms with van der Waals surface area (Å²) in [6.07, 6.45) is 3.32. The van der Waals surface area contributed by atoms with Crippen molar-refractivity contribution >= 4 is 29.5 Å². The molecule has 3 rings (SSSR count). The van der Waals surface area contributed by atoms with Crippen molar-refractivity contribution in [2.75, 3.05) is 12.4 Å². The van der Waals surface area contributed by atoms with Crippen LogP contribution in [0, 0.1) is 5.82 Å². The SMILES string of the molecule is COc1ccc(/C=C/C(=O)Nc2ccc(CN3C(=O)CCC3=O)cc2)cc1F. The van der Waals surface area contributed by atoms with Crippen molar-refractivity contribution in [3.05, 3.63) is 65.5 Å². The average molecular weight is 382 g/mol. The molecular formula is C21H19FN2O4. The fourth-order valence-corrected chi connectivity index (χ4v) is 2.82. The minimum atomic E-state index is -0.504. The molecule has 1 N–H and O–H groups in total. The van der Waals surface area contributed by atoms with Gasteiger partial charge in [0, 0.05) is 24.6 Å². The standard InChI is InChI=1S/C21H19FN2O4/c1-28-18-8-4-14(12-17(18)22)5-9-19(25)23-16-6-2-15(3-7-16)13-24-20(26)10-11-21(24)27/h2-9,12H,10-11,13H2,1H3,(H,23,25)/b9-5+. The Labute approximate surface area is 161 Å². The second kappa shape index (κ2) is 8.47. The molecule has 1 aliphatic heterocycles. The minimum Gasteiger partial charge on any atom is -0.494 e. The molecule has 0 saturated carbocycles. The number of ether oxygens (including phenoxy) is 1. The third-order valence-electron chi connectivity index (χ3n) is 4.32. The molecule has 2 aromatic rings. The molecule has 144 valence electrons. The van der Waals surface area contributed by atoms with E-state index in [1.807, 2.05) is 0 Å². The lowest BCUT2D eigenvalue weighted by Crippen LogP contribution is -2.28. The first-order valence-electron chi connectivity index (χ1n) is 8.71. The van der Waals surface area contributed by atoms with Crippen molar-refractivity contribution in [1.82, 2.24) is 4.90 Å². The van der Waals surface area contributed by atoms with E-state index in [0.29, 0.717) is 11.3 Å². The lowest BCUT2D eigenvalue weighted by Gasteiger charge is -2.14. The Hall–Kier alpha value is -3.48. The van der Waals surface area contributed by atoms with Crippen LogP contribution in [0.4, 0.5) is 10.1 Å². The number of nitrogens with one attached hydrogen (secondary N) is 1. The molecule has 1 fully saturated rings. The molecule has 0 bridgehead atoms. The molecule has 3 amide bonds. The zero-order chi connectivity index (χ0) is 20.1. The van der Waals surface area contributed by atoms with Gasteiger partial charge in [-0.05, 0) is 41.5 Å². The Balaban J connectivity index is 1.57. The van der Waals surface area contributed by atoms with Gasteiger partial charge in [-0.25, -0.2) is 4.39 Å². The van der Waals surface area contributed by atoms with Crippen LogP contribution < -0.4 is 10.1 Å². The third kappa shape index (κ3) is 4.62. The monoisotopic (exact) mass is 382 g/mol. The number of nitrogens with zero attached hydrogens (tertiary/aromatic N) is 1. The van der Waals surface area contributed by atoms with Crippen LogP contribution in [0.2, 0.25) is 0 Å². The summed E-state index contributed by atoms with van der Waals surface area (Å²) in [5.41, 5.74) is 1.90. The number of amides is 3. The second-order valence-electron chi connectivity index (χ2n) is 6.29. The number of carbonyl (C=O) groups excluding carboxylic acids is 3. The molecule has 6 nitrogen and oxygen atoms in total. The number of rotatable bonds is 6. The fourth-order valence-electron chi connectivity index (χ4n) is 2.82. The first-order valence-corrected chi connectivity index (χ1v) is 8.71. The van der Waals surface area contributed by atoms with Crippen molar-refractivity contribution in [3.8, 4) is 5.75 Å². The highest BCUT2D eigenvalue weighted by Gasteiger charge is 2.28. The lowest BCUT2D eigenvalue weighted by atomic mass is 10.2. The molecule has 0 atom stereocenters. The van der Waals surface area contributed by atoms with Crippen LogP contribution >= 0.6 is 0 Å². The maximum absolute atomic E-state index is 13.6. The summed E-state index contributed by atoms with van der Waals surface area (Å²) in [6.45, 7) is 0.231. The largest absolute Gasteiger partial charge is 0.494 e. The lowest BCUT2D eigenvalue weighted by molar-refractivity contribution is -0.139. The summed E-state index contributed by atoms with van der Waals surface area (Å²) >= 11 is 0. The van der Waals surface area contributed by atoms with E-state index < -0.39 is 5.82 Å². The van der Waals surface area contributed by atoms with Crippen LogP contribution in [0.25, 0.3) is 6.08 Å². The number of hydrogen-bond donors (Lipinski definition) is 1. The molecule has 0 aliphatic carbocycles. The number of halogens is 1. The molecule has 28 heavy (non-hydrogen) atoms. The molecule has 0 unspecified atom stereocenters. The summed E-state index contributed by atoms with van der Waals surface area (Å²) in [7, 11) is 1.38. The van der Waals surface area contributed by atoms with E-state index >= 15 is 0 Å². The maximum Gasteiger partial charge on any atom is 0.248 e. The van der Waals surface area contributed by atoms with E-state index in [2.05, 4.69) is 5.32 Å². The predicted octanol–water partition coefficient (Wildman–Crippen LogP) is 3.14. The topological polar surface area (TPSA) is 75.7 Å². The number of methoxy groups -OCH3 is 1. The Morgan fingerprint density at radius 1 is 1.14 bits per heavy atom. The quantitative estimate of drug-likeness (QED) is 0.615. The van der Waals surface area contributed by atoms with Gasteiger partial charge >= 0.3 is 0 Å². The Morgan fingerprint density at radius 3 is 2.43 bits per heavy atom. The van der Waals surface area contributed by atoms with Gasteiger partial charge in [0.25, 0.3) is 0 Å². The molecule has 0 aromatic heterocycles. The van der Waals surface area contributed by atoms with Crippen LogP contribution in [0.5, 0.6) is 5.75 Å². The fraction of sp³-hybridized carbons (Fsp3) is 0.190. The highest BCUT2D eigenvalue weighted by molar-refractivity contribution is 6.02. The van der Waals surface area contributed by atoms with Crippen molar-refractivity contribution in [2.45, 2.75) is 19.4 Å². The van der Waals surface area contributed by atoms with Gasteiger partial charge in [0.15, 0.2) is 11.6 Å². The maximum atomic E-state index is 13.6. The average Bonchev–Trinajstić information content (AvgIpc) is 3.00. The number of benzene rings is 2. The van der Waals surface area contributed by atoms with E-state index in [0.717, 1.165) is 5.56 Å². The van der Waals surface area contributed by atoms with Crippen LogP contribution in [0.1, 0.15) is 24.0 Å². The van der Waals surface area contributed by atoms with Crippen molar-refractivity contribution in [2.24, 2.45) is 0 Å². The summed E-state index contributed by atoms with van der Waals surface area (Å²) in [4.78, 5) is 36.6. The summed E-state index contributed by atoms with van der Waals surface area (Å²) in [5.74, 6) is -1.06. The molecule has 0 spiro atoms. The molecular weight excluding hydrogens is 363 g/mol. The van der Waals surface area contributed by atoms with E-state index in [9.17, 15) is 18.8 Å². The zero-order valence-electron chi connectivity index (χ0n) is 15.3. The van der Waals surface area contributed by atoms with Crippen molar-refractivity contribution in [1.29, 1.82) is 0 Å². The van der Waals surface area contributed by atoms with Gasteiger partial charge in [-0.3, -0.25) is 19.3 Å². The molecule has 2 aromatic carbocycles. The van der Waals surface area contributed by atoms with E-state index in [-0.39, 0.29) is 42.9 Å². The first kappa shape index (κ1) is 19.3. The summed E-state index contributed by atoms with van der Waals surface area (Å²) in [6, 6.07) is 11.3. The van der Waals surface area contributed by atoms with Gasteiger partial charge in [-0.15, -0.1) is 0 Å². The Bertz CT molecular complexity index is 922. The third-order valence-corrected chi connectivity index (χ3v) is 4.32. The van der Waals surface area contributed by atoms with Crippen molar-refractivity contribution < 1.29 is 23.5 Å². The van der Waals surface area contributed by atoms with Gasteiger partial charge in [-0.1, -0.05) is 18.2 Å². The molecule has 1 aliphatic rings. The van der Waals surface area contributed by atoms with Crippen LogP contribution in [0.3, 0.4) is 0 Å². The summed E-state index contributed by atoms with van der Waals surface area (Å²) < 4.78 is 18.5. The number of carbonyl (C=O) groups is 3. The van der Waals surface area contributed by atoms with Gasteiger partial charge in [-0.2, -0.15) is 0 Å². The number of likely N-dealkylation sites (tertiary alicyclic amines) is 1. The van der Waals surface area contributed by atoms with Gasteiger partial charge in [0.05, 0.1) is 13.7 Å². The zero-order valence-corrected chi connectivity index (χ0v) is 15.3. The second-order valence-corrected chi connectivity index (χ2v) is 6.29. The van der Waals surface area contributed by atoms with Gasteiger partial charge in [0.2, 0.25) is 17.7 Å². The van der Waals surface area contributed by atoms with Gasteiger partial charge in [0.1, 0.15) is 0 Å². The van der Waals surface area contributed by atoms with E-state index in [1.165, 1.54) is 36.3 Å². The van der Waals surface area contributed by atoms with Gasteiger partial charge < -0.3 is 10.1 Å². The molecule has 0 radical (unpaired) electrons. The van der Waals surface area contributed by atoms with Crippen LogP contribution in [-0.2, 0) is 20.9 Å². The highest BCUT2D eigenvalue weighted by Crippen LogP contribution is 2.19. The minimum absolute atomic E-state index is 0.138. The van der Waals surface area contributed by atoms with E-state index in [4.69, 9.17) is 4.74 Å². The smallest absolute Gasteiger partial charge is 0.248 e. The molecule has 7 heteroatoms.